The molecule has 2 aromatic rings. The molecule has 0 radical (unpaired) electrons. The Morgan fingerprint density at radius 2 is 2.06 bits per heavy atom. The predicted molar refractivity (Wildman–Crippen MR) is 68.1 cm³/mol. The molecule has 4 nitrogen and oxygen atoms in total. The van der Waals surface area contributed by atoms with E-state index < -0.39 is 0 Å². The van der Waals surface area contributed by atoms with Crippen molar-refractivity contribution in [3.63, 3.8) is 0 Å². The van der Waals surface area contributed by atoms with Gasteiger partial charge in [0, 0.05) is 11.8 Å². The first-order valence-electron chi connectivity index (χ1n) is 4.88. The highest BCUT2D eigenvalue weighted by molar-refractivity contribution is 6.29. The van der Waals surface area contributed by atoms with Crippen LogP contribution in [-0.4, -0.2) is 4.98 Å². The molecule has 5 heteroatoms. The Morgan fingerprint density at radius 1 is 1.29 bits per heavy atom. The van der Waals surface area contributed by atoms with Gasteiger partial charge in [0.25, 0.3) is 0 Å². The fourth-order valence-corrected chi connectivity index (χ4v) is 1.63. The fraction of sp³-hybridized carbons (Fsp3) is 0. The maximum Gasteiger partial charge on any atom is 0.134 e. The van der Waals surface area contributed by atoms with Crippen molar-refractivity contribution < 1.29 is 0 Å². The number of nitriles is 1. The number of hydrogen-bond acceptors (Lipinski definition) is 4. The average Bonchev–Trinajstić information content (AvgIpc) is 2.28. The van der Waals surface area contributed by atoms with Gasteiger partial charge in [-0.15, -0.1) is 0 Å². The largest absolute Gasteiger partial charge is 0.399 e. The summed E-state index contributed by atoms with van der Waals surface area (Å²) in [7, 11) is 0. The van der Waals surface area contributed by atoms with Crippen LogP contribution in [-0.2, 0) is 0 Å². The first-order valence-corrected chi connectivity index (χ1v) is 5.26. The number of nitrogen functional groups attached to an aromatic ring is 1. The third-order valence-electron chi connectivity index (χ3n) is 2.13. The van der Waals surface area contributed by atoms with Gasteiger partial charge < -0.3 is 11.1 Å². The van der Waals surface area contributed by atoms with Gasteiger partial charge in [-0.05, 0) is 18.2 Å². The van der Waals surface area contributed by atoms with Gasteiger partial charge in [-0.25, -0.2) is 4.98 Å². The number of rotatable bonds is 2. The van der Waals surface area contributed by atoms with Crippen LogP contribution >= 0.6 is 11.6 Å². The third kappa shape index (κ3) is 2.65. The Kier molecular flexibility index (Phi) is 3.12. The summed E-state index contributed by atoms with van der Waals surface area (Å²) in [6.07, 6.45) is 0. The van der Waals surface area contributed by atoms with Crippen molar-refractivity contribution in [2.75, 3.05) is 11.1 Å². The fourth-order valence-electron chi connectivity index (χ4n) is 1.41. The Balaban J connectivity index is 2.35. The van der Waals surface area contributed by atoms with Gasteiger partial charge in [0.2, 0.25) is 0 Å². The van der Waals surface area contributed by atoms with Crippen LogP contribution in [0, 0.1) is 11.3 Å². The molecule has 0 aliphatic rings. The second kappa shape index (κ2) is 4.73. The smallest absolute Gasteiger partial charge is 0.134 e. The standard InChI is InChI=1S/C12H9ClN4/c13-11-5-9(15)6-12(17-11)16-10-4-2-1-3-8(10)7-14/h1-6H,(H3,15,16,17). The molecule has 0 amide bonds. The molecular formula is C12H9ClN4. The molecule has 2 rings (SSSR count). The molecule has 0 saturated heterocycles. The lowest BCUT2D eigenvalue weighted by atomic mass is 10.2. The lowest BCUT2D eigenvalue weighted by Gasteiger charge is -2.08. The molecule has 0 atom stereocenters. The topological polar surface area (TPSA) is 74.7 Å². The molecule has 1 aromatic heterocycles. The summed E-state index contributed by atoms with van der Waals surface area (Å²) in [5.41, 5.74) is 7.38. The minimum absolute atomic E-state index is 0.307. The molecule has 1 aromatic carbocycles. The summed E-state index contributed by atoms with van der Waals surface area (Å²) in [6, 6.07) is 12.4. The van der Waals surface area contributed by atoms with Gasteiger partial charge in [0.15, 0.2) is 0 Å². The van der Waals surface area contributed by atoms with Crippen LogP contribution in [0.4, 0.5) is 17.2 Å². The first kappa shape index (κ1) is 11.2. The molecule has 3 N–H and O–H groups in total. The lowest BCUT2D eigenvalue weighted by Crippen LogP contribution is -1.97. The lowest BCUT2D eigenvalue weighted by molar-refractivity contribution is 1.31. The van der Waals surface area contributed by atoms with E-state index in [2.05, 4.69) is 16.4 Å². The second-order valence-electron chi connectivity index (χ2n) is 3.39. The zero-order valence-corrected chi connectivity index (χ0v) is 9.57. The molecule has 17 heavy (non-hydrogen) atoms. The van der Waals surface area contributed by atoms with Crippen LogP contribution in [0.25, 0.3) is 0 Å². The Bertz CT molecular complexity index is 569. The maximum atomic E-state index is 8.94. The number of pyridine rings is 1. The van der Waals surface area contributed by atoms with Crippen LogP contribution in [0.15, 0.2) is 36.4 Å². The van der Waals surface area contributed by atoms with Gasteiger partial charge >= 0.3 is 0 Å². The van der Waals surface area contributed by atoms with E-state index in [0.29, 0.717) is 27.9 Å². The number of anilines is 3. The number of halogens is 1. The third-order valence-corrected chi connectivity index (χ3v) is 2.32. The Hall–Kier alpha value is -2.25. The number of hydrogen-bond donors (Lipinski definition) is 2. The highest BCUT2D eigenvalue weighted by Crippen LogP contribution is 2.22. The summed E-state index contributed by atoms with van der Waals surface area (Å²) in [5.74, 6) is 0.512. The SMILES string of the molecule is N#Cc1ccccc1Nc1cc(N)cc(Cl)n1. The maximum absolute atomic E-state index is 8.94. The molecule has 0 saturated carbocycles. The van der Waals surface area contributed by atoms with E-state index in [4.69, 9.17) is 22.6 Å². The summed E-state index contributed by atoms with van der Waals surface area (Å²) in [4.78, 5) is 4.07. The molecule has 0 unspecified atom stereocenters. The molecule has 0 aliphatic heterocycles. The van der Waals surface area contributed by atoms with Gasteiger partial charge in [-0.2, -0.15) is 5.26 Å². The summed E-state index contributed by atoms with van der Waals surface area (Å²) in [5, 5.41) is 12.3. The Morgan fingerprint density at radius 3 is 2.76 bits per heavy atom. The van der Waals surface area contributed by atoms with E-state index >= 15 is 0 Å². The monoisotopic (exact) mass is 244 g/mol. The van der Waals surface area contributed by atoms with Crippen molar-refractivity contribution in [1.82, 2.24) is 4.98 Å². The molecule has 0 bridgehead atoms. The second-order valence-corrected chi connectivity index (χ2v) is 3.78. The summed E-state index contributed by atoms with van der Waals surface area (Å²) in [6.45, 7) is 0. The number of nitrogens with one attached hydrogen (secondary N) is 1. The van der Waals surface area contributed by atoms with Crippen LogP contribution in [0.1, 0.15) is 5.56 Å². The summed E-state index contributed by atoms with van der Waals surface area (Å²) >= 11 is 5.79. The minimum atomic E-state index is 0.307. The predicted octanol–water partition coefficient (Wildman–Crippen LogP) is 2.93. The van der Waals surface area contributed by atoms with E-state index in [1.54, 1.807) is 30.3 Å². The van der Waals surface area contributed by atoms with E-state index in [1.807, 2.05) is 6.07 Å². The van der Waals surface area contributed by atoms with Crippen LogP contribution in [0.2, 0.25) is 5.15 Å². The van der Waals surface area contributed by atoms with Crippen LogP contribution < -0.4 is 11.1 Å². The number of benzene rings is 1. The molecule has 0 spiro atoms. The van der Waals surface area contributed by atoms with E-state index in [1.165, 1.54) is 0 Å². The summed E-state index contributed by atoms with van der Waals surface area (Å²) < 4.78 is 0. The first-order chi connectivity index (χ1) is 8.19. The van der Waals surface area contributed by atoms with Gasteiger partial charge in [0.05, 0.1) is 11.3 Å². The highest BCUT2D eigenvalue weighted by atomic mass is 35.5. The van der Waals surface area contributed by atoms with E-state index in [-0.39, 0.29) is 0 Å². The normalized spacial score (nSPS) is 9.65. The highest BCUT2D eigenvalue weighted by Gasteiger charge is 2.03. The van der Waals surface area contributed by atoms with E-state index in [0.717, 1.165) is 0 Å². The van der Waals surface area contributed by atoms with Gasteiger partial charge in [-0.1, -0.05) is 23.7 Å². The van der Waals surface area contributed by atoms with Gasteiger partial charge in [0.1, 0.15) is 17.0 Å². The quantitative estimate of drug-likeness (QED) is 0.797. The van der Waals surface area contributed by atoms with Crippen molar-refractivity contribution in [3.8, 4) is 6.07 Å². The van der Waals surface area contributed by atoms with Crippen LogP contribution in [0.5, 0.6) is 0 Å². The van der Waals surface area contributed by atoms with Gasteiger partial charge in [-0.3, -0.25) is 0 Å². The zero-order valence-electron chi connectivity index (χ0n) is 8.81. The molecule has 1 heterocycles. The molecule has 84 valence electrons. The molecule has 0 aliphatic carbocycles. The Labute approximate surface area is 104 Å². The average molecular weight is 245 g/mol. The number of para-hydroxylation sites is 1. The molecular weight excluding hydrogens is 236 g/mol. The van der Waals surface area contributed by atoms with E-state index in [9.17, 15) is 0 Å². The van der Waals surface area contributed by atoms with Crippen molar-refractivity contribution in [3.05, 3.63) is 47.1 Å². The number of aromatic nitrogens is 1. The zero-order chi connectivity index (χ0) is 12.3. The van der Waals surface area contributed by atoms with Crippen LogP contribution in [0.3, 0.4) is 0 Å². The van der Waals surface area contributed by atoms with Crippen molar-refractivity contribution >= 4 is 28.8 Å². The van der Waals surface area contributed by atoms with Crippen molar-refractivity contribution in [2.24, 2.45) is 0 Å². The van der Waals surface area contributed by atoms with Crippen molar-refractivity contribution in [2.45, 2.75) is 0 Å². The number of nitrogens with zero attached hydrogens (tertiary/aromatic N) is 2. The van der Waals surface area contributed by atoms with Crippen molar-refractivity contribution in [1.29, 1.82) is 5.26 Å². The minimum Gasteiger partial charge on any atom is -0.399 e. The molecule has 0 fully saturated rings. The number of nitrogens with two attached hydrogens (primary N) is 1.